The van der Waals surface area contributed by atoms with Gasteiger partial charge in [0.15, 0.2) is 5.82 Å². The molecule has 0 fully saturated rings. The van der Waals surface area contributed by atoms with Gasteiger partial charge in [0, 0.05) is 25.6 Å². The number of nitrogens with one attached hydrogen (secondary N) is 1. The number of nitrogen functional groups attached to an aromatic ring is 1. The Bertz CT molecular complexity index is 2090. The van der Waals surface area contributed by atoms with Gasteiger partial charge in [-0.1, -0.05) is 54.6 Å². The molecule has 2 aromatic heterocycles. The summed E-state index contributed by atoms with van der Waals surface area (Å²) in [6, 6.07) is 17.8. The van der Waals surface area contributed by atoms with E-state index in [4.69, 9.17) is 38.8 Å². The van der Waals surface area contributed by atoms with E-state index in [0.29, 0.717) is 34.4 Å². The van der Waals surface area contributed by atoms with Gasteiger partial charge >= 0.3 is 13.7 Å². The van der Waals surface area contributed by atoms with E-state index < -0.39 is 45.6 Å². The van der Waals surface area contributed by atoms with Crippen LogP contribution in [0, 0.1) is 0 Å². The predicted molar refractivity (Wildman–Crippen MR) is 171 cm³/mol. The van der Waals surface area contributed by atoms with E-state index in [-0.39, 0.29) is 24.7 Å². The number of fused-ring (bicyclic) bond motifs is 4. The molecule has 0 aliphatic carbocycles. The number of benzene rings is 3. The average Bonchev–Trinajstić information content (AvgIpc) is 3.41. The molecule has 12 heteroatoms. The van der Waals surface area contributed by atoms with Crippen molar-refractivity contribution in [2.75, 3.05) is 12.3 Å². The van der Waals surface area contributed by atoms with Crippen LogP contribution in [-0.4, -0.2) is 45.3 Å². The summed E-state index contributed by atoms with van der Waals surface area (Å²) in [5.74, 6) is -0.661. The highest BCUT2D eigenvalue weighted by molar-refractivity contribution is 7.52. The van der Waals surface area contributed by atoms with E-state index >= 15 is 0 Å². The van der Waals surface area contributed by atoms with Gasteiger partial charge in [-0.2, -0.15) is 5.09 Å². The molecule has 232 valence electrons. The maximum atomic E-state index is 14.7. The summed E-state index contributed by atoms with van der Waals surface area (Å²) in [4.78, 5) is 22.4. The Hall–Kier alpha value is -4.02. The van der Waals surface area contributed by atoms with Crippen molar-refractivity contribution in [3.8, 4) is 5.75 Å². The normalized spacial score (nSPS) is 17.8. The molecule has 44 heavy (non-hydrogen) atoms. The van der Waals surface area contributed by atoms with E-state index in [0.717, 1.165) is 17.7 Å². The Kier molecular flexibility index (Phi) is 7.07. The second-order valence-corrected chi connectivity index (χ2v) is 11.7. The number of para-hydroxylation sites is 1. The maximum Gasteiger partial charge on any atom is 0.459 e. The molecule has 0 saturated carbocycles. The number of pyridine rings is 1. The minimum Gasteiger partial charge on any atom is -0.462 e. The van der Waals surface area contributed by atoms with Crippen LogP contribution in [0.5, 0.6) is 5.75 Å². The van der Waals surface area contributed by atoms with Gasteiger partial charge in [0.05, 0.1) is 31.1 Å². The summed E-state index contributed by atoms with van der Waals surface area (Å²) >= 11 is 0. The summed E-state index contributed by atoms with van der Waals surface area (Å²) in [5.41, 5.74) is 8.01. The highest BCUT2D eigenvalue weighted by atomic mass is 31.2. The third-order valence-corrected chi connectivity index (χ3v) is 8.54. The van der Waals surface area contributed by atoms with E-state index in [2.05, 4.69) is 10.1 Å². The molecule has 3 atom stereocenters. The first-order valence-corrected chi connectivity index (χ1v) is 15.5. The molecule has 0 amide bonds. The number of anilines is 1. The zero-order chi connectivity index (χ0) is 37.4. The topological polar surface area (TPSA) is 140 Å². The average molecular weight is 627 g/mol. The number of nitrogens with zero attached hydrogens (tertiary/aromatic N) is 3. The number of hydrogen-bond donors (Lipinski definition) is 2. The lowest BCUT2D eigenvalue weighted by Crippen LogP contribution is -2.37. The number of esters is 1. The molecule has 3 N–H and O–H groups in total. The van der Waals surface area contributed by atoms with Crippen molar-refractivity contribution in [3.63, 3.8) is 0 Å². The van der Waals surface area contributed by atoms with E-state index in [1.165, 1.54) is 0 Å². The fraction of sp³-hybridized carbons (Fsp3) is 0.344. The fourth-order valence-electron chi connectivity index (χ4n) is 4.89. The van der Waals surface area contributed by atoms with Gasteiger partial charge in [0.1, 0.15) is 29.7 Å². The lowest BCUT2D eigenvalue weighted by molar-refractivity contribution is -0.149. The van der Waals surface area contributed by atoms with Crippen molar-refractivity contribution >= 4 is 52.2 Å². The van der Waals surface area contributed by atoms with Crippen molar-refractivity contribution in [3.05, 3.63) is 72.6 Å². The van der Waals surface area contributed by atoms with Crippen LogP contribution in [0.2, 0.25) is 0 Å². The van der Waals surface area contributed by atoms with Gasteiger partial charge in [-0.3, -0.25) is 9.32 Å². The van der Waals surface area contributed by atoms with Gasteiger partial charge in [-0.05, 0) is 52.0 Å². The Balaban J connectivity index is 1.52. The highest BCUT2D eigenvalue weighted by Crippen LogP contribution is 2.48. The van der Waals surface area contributed by atoms with Gasteiger partial charge in [0.2, 0.25) is 0 Å². The lowest BCUT2D eigenvalue weighted by Gasteiger charge is -2.27. The predicted octanol–water partition coefficient (Wildman–Crippen LogP) is 6.38. The van der Waals surface area contributed by atoms with Crippen LogP contribution in [0.4, 0.5) is 5.82 Å². The molecular formula is C32H38N5O6P. The van der Waals surface area contributed by atoms with Crippen LogP contribution in [0.1, 0.15) is 49.9 Å². The number of aromatic nitrogens is 3. The van der Waals surface area contributed by atoms with Crippen LogP contribution < -0.4 is 15.3 Å². The van der Waals surface area contributed by atoms with Crippen LogP contribution in [0.25, 0.3) is 32.7 Å². The lowest BCUT2D eigenvalue weighted by atomic mass is 10.1. The molecule has 5 aromatic rings. The molecule has 2 heterocycles. The minimum atomic E-state index is -4.63. The van der Waals surface area contributed by atoms with Gasteiger partial charge in [-0.15, -0.1) is 0 Å². The Morgan fingerprint density at radius 1 is 1.07 bits per heavy atom. The smallest absolute Gasteiger partial charge is 0.459 e. The summed E-state index contributed by atoms with van der Waals surface area (Å²) in [6.07, 6.45) is -4.55. The van der Waals surface area contributed by atoms with Crippen molar-refractivity contribution in [2.45, 2.75) is 65.9 Å². The maximum absolute atomic E-state index is 14.7. The first kappa shape index (κ1) is 23.4. The van der Waals surface area contributed by atoms with Crippen LogP contribution >= 0.6 is 7.75 Å². The molecule has 3 aromatic carbocycles. The standard InChI is InChI=1S/C32H38N5O6P/c1-6-40-19-28-35-29-30(25-15-9-10-16-26(25)34-31(29)33)37(28)18-21(4)42-44(39,36-22(5)32(38)41-20(2)3)43-27-17-11-13-23-12-7-8-14-24(23)27/h7-17,20-22H,6,18-19H2,1-5H3,(H2,33,34)(H,36,39)/t21-,22+,44+/m1/s1/i2D3,3D3,20D. The quantitative estimate of drug-likeness (QED) is 0.112. The Labute approximate surface area is 266 Å². The first-order valence-electron chi connectivity index (χ1n) is 17.4. The molecular weight excluding hydrogens is 581 g/mol. The molecule has 0 bridgehead atoms. The van der Waals surface area contributed by atoms with E-state index in [9.17, 15) is 9.36 Å². The third-order valence-electron chi connectivity index (χ3n) is 6.76. The zero-order valence-electron chi connectivity index (χ0n) is 31.4. The van der Waals surface area contributed by atoms with Gasteiger partial charge in [0.25, 0.3) is 0 Å². The summed E-state index contributed by atoms with van der Waals surface area (Å²) in [5, 5.41) is 4.54. The molecule has 0 saturated heterocycles. The second-order valence-electron chi connectivity index (χ2n) is 10.1. The van der Waals surface area contributed by atoms with Crippen LogP contribution in [0.15, 0.2) is 66.7 Å². The zero-order valence-corrected chi connectivity index (χ0v) is 25.3. The number of ether oxygens (including phenoxy) is 2. The summed E-state index contributed by atoms with van der Waals surface area (Å²) < 4.78 is 92.9. The monoisotopic (exact) mass is 626 g/mol. The number of carbonyl (C=O) groups is 1. The number of hydrogen-bond acceptors (Lipinski definition) is 9. The van der Waals surface area contributed by atoms with E-state index in [1.54, 1.807) is 31.2 Å². The van der Waals surface area contributed by atoms with Crippen LogP contribution in [0.3, 0.4) is 0 Å². The molecule has 0 spiro atoms. The minimum absolute atomic E-state index is 0.0314. The molecule has 5 rings (SSSR count). The SMILES string of the molecule is [2H]C([2H])([2H])C([2H])(OC(=O)[C@H](C)N[P@@](=O)(Oc1cccc2ccccc12)O[C@H](C)Cn1c(COCC)nc2c(N)nc3ccccc3c21)C([2H])([2H])[2H]. The highest BCUT2D eigenvalue weighted by Gasteiger charge is 2.35. The first-order chi connectivity index (χ1) is 23.9. The van der Waals surface area contributed by atoms with Crippen molar-refractivity contribution in [1.29, 1.82) is 0 Å². The Morgan fingerprint density at radius 2 is 1.80 bits per heavy atom. The molecule has 0 aliphatic heterocycles. The van der Waals surface area contributed by atoms with Crippen molar-refractivity contribution in [2.24, 2.45) is 0 Å². The van der Waals surface area contributed by atoms with Crippen LogP contribution in [-0.2, 0) is 36.5 Å². The third kappa shape index (κ3) is 6.87. The Morgan fingerprint density at radius 3 is 2.57 bits per heavy atom. The molecule has 0 unspecified atom stereocenters. The number of rotatable bonds is 13. The van der Waals surface area contributed by atoms with Gasteiger partial charge < -0.3 is 24.3 Å². The number of carbonyl (C=O) groups excluding carboxylic acids is 1. The molecule has 0 aliphatic rings. The molecule has 11 nitrogen and oxygen atoms in total. The summed E-state index contributed by atoms with van der Waals surface area (Å²) in [6.45, 7) is -1.94. The van der Waals surface area contributed by atoms with Crippen molar-refractivity contribution in [1.82, 2.24) is 19.6 Å². The fourth-order valence-corrected chi connectivity index (χ4v) is 6.59. The summed E-state index contributed by atoms with van der Waals surface area (Å²) in [7, 11) is -4.63. The van der Waals surface area contributed by atoms with Crippen molar-refractivity contribution < 1.29 is 37.5 Å². The number of nitrogens with two attached hydrogens (primary N) is 1. The number of imidazole rings is 1. The van der Waals surface area contributed by atoms with Gasteiger partial charge in [-0.25, -0.2) is 14.5 Å². The second kappa shape index (κ2) is 13.3. The van der Waals surface area contributed by atoms with E-state index in [1.807, 2.05) is 54.0 Å². The molecule has 0 radical (unpaired) electrons. The largest absolute Gasteiger partial charge is 0.462 e.